The number of furan rings is 1. The van der Waals surface area contributed by atoms with Crippen LogP contribution in [0.25, 0.3) is 11.1 Å². The minimum absolute atomic E-state index is 0.0206. The van der Waals surface area contributed by atoms with Crippen LogP contribution in [0.15, 0.2) is 22.8 Å². The van der Waals surface area contributed by atoms with Crippen LogP contribution < -0.4 is 5.32 Å². The zero-order valence-electron chi connectivity index (χ0n) is 21.6. The number of nitrogens with zero attached hydrogens (tertiary/aromatic N) is 3. The van der Waals surface area contributed by atoms with Crippen molar-refractivity contribution in [2.24, 2.45) is 0 Å². The van der Waals surface area contributed by atoms with E-state index < -0.39 is 5.54 Å². The number of amides is 2. The van der Waals surface area contributed by atoms with Crippen molar-refractivity contribution in [3.63, 3.8) is 0 Å². The highest BCUT2D eigenvalue weighted by Gasteiger charge is 2.48. The normalized spacial score (nSPS) is 25.0. The Morgan fingerprint density at radius 2 is 1.74 bits per heavy atom. The monoisotopic (exact) mass is 482 g/mol. The summed E-state index contributed by atoms with van der Waals surface area (Å²) in [6.07, 6.45) is 16.2. The molecule has 5 rings (SSSR count). The molecule has 35 heavy (non-hydrogen) atoms. The molecule has 7 nitrogen and oxygen atoms in total. The average Bonchev–Trinajstić information content (AvgIpc) is 3.43. The van der Waals surface area contributed by atoms with Crippen LogP contribution in [0.1, 0.15) is 94.5 Å². The second kappa shape index (κ2) is 10.4. The van der Waals surface area contributed by atoms with Crippen molar-refractivity contribution in [1.29, 1.82) is 0 Å². The smallest absolute Gasteiger partial charge is 0.271 e. The maximum atomic E-state index is 13.9. The number of nitrogens with one attached hydrogen (secondary N) is 1. The van der Waals surface area contributed by atoms with Crippen LogP contribution in [-0.2, 0) is 11.3 Å². The fourth-order valence-corrected chi connectivity index (χ4v) is 6.53. The predicted molar refractivity (Wildman–Crippen MR) is 137 cm³/mol. The van der Waals surface area contributed by atoms with Gasteiger partial charge >= 0.3 is 0 Å². The molecule has 0 saturated heterocycles. The lowest BCUT2D eigenvalue weighted by Gasteiger charge is -2.45. The molecule has 0 aromatic carbocycles. The molecule has 7 heteroatoms. The van der Waals surface area contributed by atoms with Gasteiger partial charge in [-0.1, -0.05) is 51.4 Å². The molecule has 2 saturated carbocycles. The van der Waals surface area contributed by atoms with E-state index in [-0.39, 0.29) is 17.9 Å². The van der Waals surface area contributed by atoms with Gasteiger partial charge in [0.15, 0.2) is 5.58 Å². The van der Waals surface area contributed by atoms with Gasteiger partial charge in [0.2, 0.25) is 5.91 Å². The number of likely N-dealkylation sites (N-methyl/N-ethyl adjacent to an activating group) is 1. The summed E-state index contributed by atoms with van der Waals surface area (Å²) in [5.74, 6) is -0.0947. The highest BCUT2D eigenvalue weighted by molar-refractivity contribution is 6.02. The van der Waals surface area contributed by atoms with Gasteiger partial charge < -0.3 is 24.1 Å². The molecule has 2 aromatic heterocycles. The fourth-order valence-electron chi connectivity index (χ4n) is 6.53. The molecule has 0 bridgehead atoms. The maximum absolute atomic E-state index is 13.9. The van der Waals surface area contributed by atoms with Gasteiger partial charge in [0.1, 0.15) is 11.2 Å². The molecule has 3 aliphatic rings. The van der Waals surface area contributed by atoms with Crippen LogP contribution in [0.3, 0.4) is 0 Å². The molecule has 0 spiro atoms. The Bertz CT molecular complexity index is 1030. The molecular formula is C28H42N4O3. The summed E-state index contributed by atoms with van der Waals surface area (Å²) >= 11 is 0. The first-order chi connectivity index (χ1) is 17.0. The Balaban J connectivity index is 1.39. The van der Waals surface area contributed by atoms with Crippen LogP contribution in [0.4, 0.5) is 0 Å². The van der Waals surface area contributed by atoms with E-state index in [1.54, 1.807) is 6.26 Å². The van der Waals surface area contributed by atoms with Gasteiger partial charge in [0.05, 0.1) is 18.3 Å². The zero-order chi connectivity index (χ0) is 24.4. The summed E-state index contributed by atoms with van der Waals surface area (Å²) in [7, 11) is 2.17. The summed E-state index contributed by atoms with van der Waals surface area (Å²) in [5, 5.41) is 3.38. The van der Waals surface area contributed by atoms with Gasteiger partial charge in [-0.25, -0.2) is 0 Å². The molecule has 2 aromatic rings. The van der Waals surface area contributed by atoms with Crippen LogP contribution >= 0.6 is 0 Å². The summed E-state index contributed by atoms with van der Waals surface area (Å²) in [4.78, 5) is 32.0. The lowest BCUT2D eigenvalue weighted by molar-refractivity contribution is -0.133. The van der Waals surface area contributed by atoms with E-state index in [0.717, 1.165) is 37.7 Å². The van der Waals surface area contributed by atoms with E-state index in [0.29, 0.717) is 30.4 Å². The van der Waals surface area contributed by atoms with Gasteiger partial charge in [-0.15, -0.1) is 0 Å². The van der Waals surface area contributed by atoms with E-state index in [9.17, 15) is 9.59 Å². The van der Waals surface area contributed by atoms with E-state index in [2.05, 4.69) is 17.3 Å². The lowest BCUT2D eigenvalue weighted by atomic mass is 9.91. The van der Waals surface area contributed by atoms with E-state index in [4.69, 9.17) is 4.42 Å². The van der Waals surface area contributed by atoms with E-state index in [1.807, 2.05) is 28.5 Å². The standard InChI is InChI=1S/C28H42N4O3/c1-28(27(34)29-21-11-7-4-3-5-8-12-21)20-31-23-15-18-35-25(23)19-24(31)26(33)32(28)17-16-30(2)22-13-9-6-10-14-22/h15,18-19,21-22H,3-14,16-17,20H2,1-2H3,(H,29,34). The van der Waals surface area contributed by atoms with E-state index in [1.165, 1.54) is 51.4 Å². The molecule has 1 unspecified atom stereocenters. The largest absolute Gasteiger partial charge is 0.463 e. The number of rotatable bonds is 6. The number of hydrogen-bond donors (Lipinski definition) is 1. The Hall–Kier alpha value is -2.28. The highest BCUT2D eigenvalue weighted by Crippen LogP contribution is 2.33. The van der Waals surface area contributed by atoms with Crippen LogP contribution in [0.5, 0.6) is 0 Å². The molecule has 3 heterocycles. The highest BCUT2D eigenvalue weighted by atomic mass is 16.3. The molecule has 2 fully saturated rings. The van der Waals surface area contributed by atoms with Crippen molar-refractivity contribution >= 4 is 22.9 Å². The second-order valence-corrected chi connectivity index (χ2v) is 11.3. The first kappa shape index (κ1) is 24.4. The number of fused-ring (bicyclic) bond motifs is 3. The van der Waals surface area contributed by atoms with Crippen molar-refractivity contribution < 1.29 is 14.0 Å². The molecule has 1 atom stereocenters. The van der Waals surface area contributed by atoms with Crippen molar-refractivity contribution in [3.05, 3.63) is 24.1 Å². The zero-order valence-corrected chi connectivity index (χ0v) is 21.6. The summed E-state index contributed by atoms with van der Waals surface area (Å²) in [6.45, 7) is 3.73. The molecule has 1 N–H and O–H groups in total. The summed E-state index contributed by atoms with van der Waals surface area (Å²) in [5.41, 5.74) is 1.27. The van der Waals surface area contributed by atoms with Crippen molar-refractivity contribution in [1.82, 2.24) is 19.7 Å². The summed E-state index contributed by atoms with van der Waals surface area (Å²) in [6, 6.07) is 4.50. The molecule has 1 aliphatic heterocycles. The molecule has 2 amide bonds. The quantitative estimate of drug-likeness (QED) is 0.633. The van der Waals surface area contributed by atoms with Gasteiger partial charge in [0.25, 0.3) is 5.91 Å². The third-order valence-corrected chi connectivity index (χ3v) is 8.85. The van der Waals surface area contributed by atoms with Crippen LogP contribution in [0.2, 0.25) is 0 Å². The predicted octanol–water partition coefficient (Wildman–Crippen LogP) is 4.94. The van der Waals surface area contributed by atoms with E-state index >= 15 is 0 Å². The summed E-state index contributed by atoms with van der Waals surface area (Å²) < 4.78 is 7.59. The van der Waals surface area contributed by atoms with Crippen LogP contribution in [-0.4, -0.2) is 63.9 Å². The van der Waals surface area contributed by atoms with Gasteiger partial charge in [0, 0.05) is 37.3 Å². The Kier molecular flexibility index (Phi) is 7.24. The Labute approximate surface area is 209 Å². The second-order valence-electron chi connectivity index (χ2n) is 11.3. The first-order valence-corrected chi connectivity index (χ1v) is 13.9. The van der Waals surface area contributed by atoms with Gasteiger partial charge in [-0.3, -0.25) is 9.59 Å². The lowest BCUT2D eigenvalue weighted by Crippen LogP contribution is -2.65. The minimum Gasteiger partial charge on any atom is -0.463 e. The van der Waals surface area contributed by atoms with Crippen molar-refractivity contribution in [2.45, 2.75) is 108 Å². The first-order valence-electron chi connectivity index (χ1n) is 13.9. The molecular weight excluding hydrogens is 440 g/mol. The fraction of sp³-hybridized carbons (Fsp3) is 0.714. The van der Waals surface area contributed by atoms with Crippen LogP contribution in [0, 0.1) is 0 Å². The third kappa shape index (κ3) is 4.89. The maximum Gasteiger partial charge on any atom is 0.271 e. The number of carbonyl (C=O) groups is 2. The SMILES string of the molecule is CN(CCN1C(=O)c2cc3occc3n2CC1(C)C(=O)NC1CCCCCCC1)C1CCCCC1. The molecule has 0 radical (unpaired) electrons. The Morgan fingerprint density at radius 3 is 2.49 bits per heavy atom. The van der Waals surface area contributed by atoms with Gasteiger partial charge in [-0.05, 0) is 39.7 Å². The Morgan fingerprint density at radius 1 is 1.09 bits per heavy atom. The van der Waals surface area contributed by atoms with Gasteiger partial charge in [-0.2, -0.15) is 0 Å². The third-order valence-electron chi connectivity index (χ3n) is 8.85. The average molecular weight is 483 g/mol. The molecule has 192 valence electrons. The minimum atomic E-state index is -0.941. The number of aromatic nitrogens is 1. The molecule has 2 aliphatic carbocycles. The number of hydrogen-bond acceptors (Lipinski definition) is 4. The van der Waals surface area contributed by atoms with Crippen molar-refractivity contribution in [3.8, 4) is 0 Å². The number of carbonyl (C=O) groups excluding carboxylic acids is 2. The van der Waals surface area contributed by atoms with Crippen molar-refractivity contribution in [2.75, 3.05) is 20.1 Å². The topological polar surface area (TPSA) is 70.7 Å².